The summed E-state index contributed by atoms with van der Waals surface area (Å²) in [5, 5.41) is 3.02. The SMILES string of the molecule is C1=Cc2c(c3c(-c4ccccc4)cccc3n2-c2nc(-c3ccccc3)nc(-c3cccc4c3oc3cccc(-c5nc(-c6ccccc6)nc(-c6ccccc6)n5)c34)n2)CC1. The van der Waals surface area contributed by atoms with E-state index in [1.54, 1.807) is 0 Å². The molecule has 8 nitrogen and oxygen atoms in total. The smallest absolute Gasteiger partial charge is 0.238 e. The van der Waals surface area contributed by atoms with Gasteiger partial charge in [-0.15, -0.1) is 0 Å². The first kappa shape index (κ1) is 35.6. The first-order valence-electron chi connectivity index (χ1n) is 20.8. The number of rotatable bonds is 7. The fraction of sp³-hybridized carbons (Fsp3) is 0.0370. The van der Waals surface area contributed by atoms with Crippen molar-refractivity contribution in [3.8, 4) is 74.0 Å². The Morgan fingerprint density at radius 3 is 1.60 bits per heavy atom. The molecular weight excluding hydrogens is 763 g/mol. The molecule has 1 aliphatic carbocycles. The van der Waals surface area contributed by atoms with Crippen LogP contribution in [-0.4, -0.2) is 34.5 Å². The molecule has 0 N–H and O–H groups in total. The van der Waals surface area contributed by atoms with E-state index in [2.05, 4.69) is 77.4 Å². The second-order valence-corrected chi connectivity index (χ2v) is 15.4. The van der Waals surface area contributed by atoms with E-state index in [0.717, 1.165) is 62.6 Å². The maximum absolute atomic E-state index is 6.84. The highest BCUT2D eigenvalue weighted by atomic mass is 16.3. The molecule has 0 aliphatic heterocycles. The number of hydrogen-bond acceptors (Lipinski definition) is 7. The molecule has 292 valence electrons. The summed E-state index contributed by atoms with van der Waals surface area (Å²) in [5.74, 6) is 3.36. The van der Waals surface area contributed by atoms with Gasteiger partial charge in [-0.3, -0.25) is 4.57 Å². The highest BCUT2D eigenvalue weighted by molar-refractivity contribution is 6.14. The van der Waals surface area contributed by atoms with Crippen LogP contribution >= 0.6 is 0 Å². The second-order valence-electron chi connectivity index (χ2n) is 15.4. The summed E-state index contributed by atoms with van der Waals surface area (Å²) in [5.41, 5.74) is 11.4. The Balaban J connectivity index is 1.08. The lowest BCUT2D eigenvalue weighted by molar-refractivity contribution is 0.669. The van der Waals surface area contributed by atoms with E-state index in [0.29, 0.717) is 46.2 Å². The van der Waals surface area contributed by atoms with Crippen LogP contribution in [0.15, 0.2) is 186 Å². The zero-order valence-corrected chi connectivity index (χ0v) is 33.4. The lowest BCUT2D eigenvalue weighted by Gasteiger charge is -2.13. The number of aromatic nitrogens is 7. The van der Waals surface area contributed by atoms with Gasteiger partial charge in [0.25, 0.3) is 0 Å². The normalized spacial score (nSPS) is 12.3. The molecule has 4 aromatic heterocycles. The molecule has 8 heteroatoms. The molecule has 0 radical (unpaired) electrons. The number of nitrogens with zero attached hydrogens (tertiary/aromatic N) is 7. The van der Waals surface area contributed by atoms with Crippen molar-refractivity contribution in [1.29, 1.82) is 0 Å². The largest absolute Gasteiger partial charge is 0.455 e. The third-order valence-corrected chi connectivity index (χ3v) is 11.6. The predicted molar refractivity (Wildman–Crippen MR) is 247 cm³/mol. The minimum absolute atomic E-state index is 0.507. The van der Waals surface area contributed by atoms with Gasteiger partial charge < -0.3 is 4.42 Å². The molecular formula is C54H35N7O. The van der Waals surface area contributed by atoms with Crippen molar-refractivity contribution in [2.75, 3.05) is 0 Å². The number of furan rings is 1. The molecule has 0 unspecified atom stereocenters. The van der Waals surface area contributed by atoms with Crippen molar-refractivity contribution >= 4 is 38.9 Å². The van der Waals surface area contributed by atoms with Crippen molar-refractivity contribution in [3.63, 3.8) is 0 Å². The number of hydrogen-bond donors (Lipinski definition) is 0. The molecule has 0 fully saturated rings. The minimum atomic E-state index is 0.507. The minimum Gasteiger partial charge on any atom is -0.455 e. The van der Waals surface area contributed by atoms with Crippen LogP contribution in [0.2, 0.25) is 0 Å². The van der Waals surface area contributed by atoms with Crippen molar-refractivity contribution in [2.24, 2.45) is 0 Å². The molecule has 12 rings (SSSR count). The fourth-order valence-electron chi connectivity index (χ4n) is 8.80. The van der Waals surface area contributed by atoms with Crippen LogP contribution in [0, 0.1) is 0 Å². The average molecular weight is 798 g/mol. The zero-order valence-electron chi connectivity index (χ0n) is 33.4. The Morgan fingerprint density at radius 2 is 0.935 bits per heavy atom. The molecule has 4 heterocycles. The molecule has 0 spiro atoms. The van der Waals surface area contributed by atoms with Gasteiger partial charge in [-0.05, 0) is 53.8 Å². The number of fused-ring (bicyclic) bond motifs is 6. The van der Waals surface area contributed by atoms with E-state index < -0.39 is 0 Å². The standard InChI is InChI=1S/C54H35N7O/c1-5-18-34(19-6-1)38-27-16-32-44-46(38)39-26-13-14-31-43(39)61(44)54-59-51(37-24-11-4-12-25-37)58-53(60-54)42-30-15-28-40-47-41(29-17-33-45(47)62-48(40)42)52-56-49(35-20-7-2-8-21-35)55-50(57-52)36-22-9-3-10-23-36/h1-12,14-25,27-33H,13,26H2. The number of benzene rings is 7. The van der Waals surface area contributed by atoms with Crippen LogP contribution in [-0.2, 0) is 6.42 Å². The van der Waals surface area contributed by atoms with Gasteiger partial charge in [0.1, 0.15) is 11.2 Å². The van der Waals surface area contributed by atoms with Gasteiger partial charge >= 0.3 is 0 Å². The van der Waals surface area contributed by atoms with Gasteiger partial charge in [0.05, 0.1) is 16.8 Å². The van der Waals surface area contributed by atoms with Gasteiger partial charge in [-0.1, -0.05) is 164 Å². The molecule has 11 aromatic rings. The quantitative estimate of drug-likeness (QED) is 0.158. The topological polar surface area (TPSA) is 95.4 Å². The van der Waals surface area contributed by atoms with Gasteiger partial charge in [-0.25, -0.2) is 19.9 Å². The maximum atomic E-state index is 6.84. The van der Waals surface area contributed by atoms with Gasteiger partial charge in [0.15, 0.2) is 29.1 Å². The molecule has 7 aromatic carbocycles. The third-order valence-electron chi connectivity index (χ3n) is 11.6. The highest BCUT2D eigenvalue weighted by Gasteiger charge is 2.26. The summed E-state index contributed by atoms with van der Waals surface area (Å²) in [4.78, 5) is 30.9. The lowest BCUT2D eigenvalue weighted by atomic mass is 9.94. The van der Waals surface area contributed by atoms with Gasteiger partial charge in [0.2, 0.25) is 5.95 Å². The molecule has 0 saturated heterocycles. The highest BCUT2D eigenvalue weighted by Crippen LogP contribution is 2.42. The number of allylic oxidation sites excluding steroid dienone is 1. The van der Waals surface area contributed by atoms with Gasteiger partial charge in [0, 0.05) is 38.4 Å². The predicted octanol–water partition coefficient (Wildman–Crippen LogP) is 12.9. The van der Waals surface area contributed by atoms with Crippen molar-refractivity contribution in [3.05, 3.63) is 193 Å². The molecule has 0 saturated carbocycles. The van der Waals surface area contributed by atoms with Crippen LogP contribution < -0.4 is 0 Å². The average Bonchev–Trinajstić information content (AvgIpc) is 3.91. The lowest BCUT2D eigenvalue weighted by Crippen LogP contribution is -2.08. The fourth-order valence-corrected chi connectivity index (χ4v) is 8.80. The third kappa shape index (κ3) is 5.99. The van der Waals surface area contributed by atoms with Crippen molar-refractivity contribution < 1.29 is 4.42 Å². The van der Waals surface area contributed by atoms with Crippen LogP contribution in [0.5, 0.6) is 0 Å². The second kappa shape index (κ2) is 14.7. The maximum Gasteiger partial charge on any atom is 0.238 e. The Morgan fingerprint density at radius 1 is 0.419 bits per heavy atom. The van der Waals surface area contributed by atoms with E-state index >= 15 is 0 Å². The van der Waals surface area contributed by atoms with Crippen LogP contribution in [0.25, 0.3) is 113 Å². The Labute approximate surface area is 356 Å². The van der Waals surface area contributed by atoms with Crippen molar-refractivity contribution in [1.82, 2.24) is 34.5 Å². The van der Waals surface area contributed by atoms with E-state index in [1.165, 1.54) is 22.1 Å². The monoisotopic (exact) mass is 797 g/mol. The van der Waals surface area contributed by atoms with Crippen molar-refractivity contribution in [2.45, 2.75) is 12.8 Å². The molecule has 0 atom stereocenters. The van der Waals surface area contributed by atoms with E-state index in [-0.39, 0.29) is 0 Å². The summed E-state index contributed by atoms with van der Waals surface area (Å²) >= 11 is 0. The molecule has 0 amide bonds. The first-order valence-corrected chi connectivity index (χ1v) is 20.8. The summed E-state index contributed by atoms with van der Waals surface area (Å²) in [6, 6.07) is 59.4. The molecule has 62 heavy (non-hydrogen) atoms. The van der Waals surface area contributed by atoms with Crippen LogP contribution in [0.3, 0.4) is 0 Å². The first-order chi connectivity index (χ1) is 30.7. The summed E-state index contributed by atoms with van der Waals surface area (Å²) in [6.45, 7) is 0. The van der Waals surface area contributed by atoms with E-state index in [9.17, 15) is 0 Å². The Hall–Kier alpha value is -8.36. The zero-order chi connectivity index (χ0) is 41.0. The number of para-hydroxylation sites is 1. The Bertz CT molecular complexity index is 3450. The molecule has 0 bridgehead atoms. The summed E-state index contributed by atoms with van der Waals surface area (Å²) in [7, 11) is 0. The van der Waals surface area contributed by atoms with Crippen LogP contribution in [0.1, 0.15) is 17.7 Å². The Kier molecular flexibility index (Phi) is 8.45. The molecule has 1 aliphatic rings. The summed E-state index contributed by atoms with van der Waals surface area (Å²) < 4.78 is 9.05. The summed E-state index contributed by atoms with van der Waals surface area (Å²) in [6.07, 6.45) is 6.35. The van der Waals surface area contributed by atoms with E-state index in [4.69, 9.17) is 34.3 Å². The number of aryl methyl sites for hydroxylation is 1. The van der Waals surface area contributed by atoms with Gasteiger partial charge in [-0.2, -0.15) is 9.97 Å². The van der Waals surface area contributed by atoms with Crippen LogP contribution in [0.4, 0.5) is 0 Å². The van der Waals surface area contributed by atoms with E-state index in [1.807, 2.05) is 115 Å².